The molecule has 3 N–H and O–H groups in total. The fourth-order valence-corrected chi connectivity index (χ4v) is 3.54. The van der Waals surface area contributed by atoms with Gasteiger partial charge in [-0.1, -0.05) is 6.42 Å². The van der Waals surface area contributed by atoms with Gasteiger partial charge in [0.2, 0.25) is 10.0 Å². The molecule has 0 bridgehead atoms. The molecule has 0 aliphatic heterocycles. The lowest BCUT2D eigenvalue weighted by atomic mass is 9.86. The van der Waals surface area contributed by atoms with Crippen LogP contribution in [0.15, 0.2) is 23.4 Å². The van der Waals surface area contributed by atoms with Gasteiger partial charge in [0, 0.05) is 18.4 Å². The number of hydrogen-bond acceptors (Lipinski definition) is 3. The number of nitrogens with one attached hydrogen (secondary N) is 2. The molecule has 6 nitrogen and oxygen atoms in total. The van der Waals surface area contributed by atoms with Gasteiger partial charge < -0.3 is 10.1 Å². The third-order valence-electron chi connectivity index (χ3n) is 3.22. The van der Waals surface area contributed by atoms with E-state index in [1.54, 1.807) is 0 Å². The summed E-state index contributed by atoms with van der Waals surface area (Å²) in [5.74, 6) is -1.29. The van der Waals surface area contributed by atoms with E-state index in [2.05, 4.69) is 9.71 Å². The van der Waals surface area contributed by atoms with Crippen molar-refractivity contribution in [2.24, 2.45) is 5.92 Å². The highest BCUT2D eigenvalue weighted by Crippen LogP contribution is 2.25. The van der Waals surface area contributed by atoms with E-state index in [0.29, 0.717) is 19.3 Å². The van der Waals surface area contributed by atoms with Crippen LogP contribution in [0.4, 0.5) is 0 Å². The van der Waals surface area contributed by atoms with Crippen LogP contribution in [0.5, 0.6) is 0 Å². The Morgan fingerprint density at radius 2 is 2.22 bits per heavy atom. The molecular formula is C11H16N2O4S. The molecule has 2 rings (SSSR count). The summed E-state index contributed by atoms with van der Waals surface area (Å²) < 4.78 is 26.5. The average Bonchev–Trinajstić information content (AvgIpc) is 2.82. The van der Waals surface area contributed by atoms with Gasteiger partial charge >= 0.3 is 5.97 Å². The summed E-state index contributed by atoms with van der Waals surface area (Å²) in [4.78, 5) is 13.8. The largest absolute Gasteiger partial charge is 0.481 e. The van der Waals surface area contributed by atoms with Gasteiger partial charge in [0.1, 0.15) is 0 Å². The predicted molar refractivity (Wildman–Crippen MR) is 64.5 cm³/mol. The van der Waals surface area contributed by atoms with Crippen LogP contribution in [0.25, 0.3) is 0 Å². The van der Waals surface area contributed by atoms with Gasteiger partial charge in [-0.05, 0) is 25.3 Å². The zero-order chi connectivity index (χ0) is 13.2. The van der Waals surface area contributed by atoms with Gasteiger partial charge in [-0.15, -0.1) is 0 Å². The van der Waals surface area contributed by atoms with Crippen molar-refractivity contribution in [2.45, 2.75) is 36.6 Å². The summed E-state index contributed by atoms with van der Waals surface area (Å²) in [7, 11) is -3.54. The molecule has 0 amide bonds. The minimum atomic E-state index is -3.54. The Hall–Kier alpha value is -1.34. The van der Waals surface area contributed by atoms with Crippen molar-refractivity contribution >= 4 is 16.0 Å². The normalized spacial score (nSPS) is 24.9. The topological polar surface area (TPSA) is 99.3 Å². The van der Waals surface area contributed by atoms with E-state index in [9.17, 15) is 13.2 Å². The summed E-state index contributed by atoms with van der Waals surface area (Å²) >= 11 is 0. The van der Waals surface area contributed by atoms with E-state index in [1.807, 2.05) is 0 Å². The van der Waals surface area contributed by atoms with Crippen molar-refractivity contribution in [1.29, 1.82) is 0 Å². The number of aliphatic carboxylic acids is 1. The first-order valence-corrected chi connectivity index (χ1v) is 7.35. The highest BCUT2D eigenvalue weighted by molar-refractivity contribution is 7.89. The van der Waals surface area contributed by atoms with E-state index in [0.717, 1.165) is 6.42 Å². The fourth-order valence-electron chi connectivity index (χ4n) is 2.28. The van der Waals surface area contributed by atoms with Crippen LogP contribution in [0.3, 0.4) is 0 Å². The molecule has 1 heterocycles. The Bertz CT molecular complexity index is 509. The summed E-state index contributed by atoms with van der Waals surface area (Å²) in [5.41, 5.74) is 0. The van der Waals surface area contributed by atoms with Gasteiger partial charge in [0.15, 0.2) is 0 Å². The number of sulfonamides is 1. The van der Waals surface area contributed by atoms with Gasteiger partial charge in [-0.25, -0.2) is 13.1 Å². The lowest BCUT2D eigenvalue weighted by molar-refractivity contribution is -0.143. The maximum Gasteiger partial charge on any atom is 0.306 e. The monoisotopic (exact) mass is 272 g/mol. The van der Waals surface area contributed by atoms with Crippen molar-refractivity contribution in [3.63, 3.8) is 0 Å². The van der Waals surface area contributed by atoms with Crippen molar-refractivity contribution < 1.29 is 18.3 Å². The first-order chi connectivity index (χ1) is 8.49. The molecule has 1 saturated carbocycles. The van der Waals surface area contributed by atoms with Gasteiger partial charge in [0.25, 0.3) is 0 Å². The molecule has 100 valence electrons. The Balaban J connectivity index is 2.03. The smallest absolute Gasteiger partial charge is 0.306 e. The van der Waals surface area contributed by atoms with Crippen LogP contribution in [-0.2, 0) is 14.8 Å². The number of carbonyl (C=O) groups is 1. The molecule has 1 fully saturated rings. The minimum absolute atomic E-state index is 0.181. The molecule has 0 saturated heterocycles. The Morgan fingerprint density at radius 1 is 1.44 bits per heavy atom. The molecule has 1 aliphatic carbocycles. The molecule has 1 aromatic heterocycles. The number of H-pyrrole nitrogens is 1. The average molecular weight is 272 g/mol. The van der Waals surface area contributed by atoms with Crippen molar-refractivity contribution in [1.82, 2.24) is 9.71 Å². The third-order valence-corrected chi connectivity index (χ3v) is 4.74. The molecular weight excluding hydrogens is 256 g/mol. The Morgan fingerprint density at radius 3 is 2.83 bits per heavy atom. The van der Waals surface area contributed by atoms with E-state index in [4.69, 9.17) is 5.11 Å². The summed E-state index contributed by atoms with van der Waals surface area (Å²) in [6.45, 7) is 0. The molecule has 1 aliphatic rings. The summed E-state index contributed by atoms with van der Waals surface area (Å²) in [6, 6.07) is 1.18. The van der Waals surface area contributed by atoms with Crippen LogP contribution in [0, 0.1) is 5.92 Å². The van der Waals surface area contributed by atoms with Gasteiger partial charge in [-0.2, -0.15) is 0 Å². The SMILES string of the molecule is O=C(O)C1CCCC(NS(=O)(=O)c2cc[nH]c2)C1. The second kappa shape index (κ2) is 5.11. The molecule has 0 aromatic carbocycles. The molecule has 1 aromatic rings. The molecule has 0 radical (unpaired) electrons. The number of aromatic amines is 1. The van der Waals surface area contributed by atoms with E-state index in [1.165, 1.54) is 18.5 Å². The number of aromatic nitrogens is 1. The van der Waals surface area contributed by atoms with Crippen molar-refractivity contribution in [3.8, 4) is 0 Å². The van der Waals surface area contributed by atoms with Gasteiger partial charge in [0.05, 0.1) is 10.8 Å². The quantitative estimate of drug-likeness (QED) is 0.759. The lowest BCUT2D eigenvalue weighted by Gasteiger charge is -2.26. The molecule has 2 unspecified atom stereocenters. The zero-order valence-corrected chi connectivity index (χ0v) is 10.6. The predicted octanol–water partition coefficient (Wildman–Crippen LogP) is 0.936. The Labute approximate surface area is 105 Å². The number of carboxylic acid groups (broad SMARTS) is 1. The second-order valence-electron chi connectivity index (χ2n) is 4.57. The summed E-state index contributed by atoms with van der Waals surface area (Å²) in [5, 5.41) is 8.96. The second-order valence-corrected chi connectivity index (χ2v) is 6.28. The minimum Gasteiger partial charge on any atom is -0.481 e. The number of hydrogen-bond donors (Lipinski definition) is 3. The molecule has 18 heavy (non-hydrogen) atoms. The van der Waals surface area contributed by atoms with Crippen molar-refractivity contribution in [2.75, 3.05) is 0 Å². The molecule has 2 atom stereocenters. The number of rotatable bonds is 4. The zero-order valence-electron chi connectivity index (χ0n) is 9.80. The molecule has 7 heteroatoms. The van der Waals surface area contributed by atoms with Crippen LogP contribution in [-0.4, -0.2) is 30.5 Å². The third kappa shape index (κ3) is 2.91. The lowest BCUT2D eigenvalue weighted by Crippen LogP contribution is -2.39. The Kier molecular flexibility index (Phi) is 3.72. The maximum absolute atomic E-state index is 12.0. The van der Waals surface area contributed by atoms with Crippen LogP contribution in [0.1, 0.15) is 25.7 Å². The highest BCUT2D eigenvalue weighted by Gasteiger charge is 2.29. The summed E-state index contributed by atoms with van der Waals surface area (Å²) in [6.07, 6.45) is 5.34. The first-order valence-electron chi connectivity index (χ1n) is 5.87. The fraction of sp³-hybridized carbons (Fsp3) is 0.545. The van der Waals surface area contributed by atoms with Gasteiger partial charge in [-0.3, -0.25) is 4.79 Å². The first kappa shape index (κ1) is 13.1. The van der Waals surface area contributed by atoms with E-state index >= 15 is 0 Å². The van der Waals surface area contributed by atoms with Crippen LogP contribution in [0.2, 0.25) is 0 Å². The van der Waals surface area contributed by atoms with E-state index < -0.39 is 21.9 Å². The highest BCUT2D eigenvalue weighted by atomic mass is 32.2. The van der Waals surface area contributed by atoms with E-state index in [-0.39, 0.29) is 10.9 Å². The standard InChI is InChI=1S/C11H16N2O4S/c14-11(15)8-2-1-3-9(6-8)13-18(16,17)10-4-5-12-7-10/h4-5,7-9,12-13H,1-3,6H2,(H,14,15). The van der Waals surface area contributed by atoms with Crippen LogP contribution < -0.4 is 4.72 Å². The molecule has 0 spiro atoms. The van der Waals surface area contributed by atoms with Crippen LogP contribution >= 0.6 is 0 Å². The maximum atomic E-state index is 12.0. The van der Waals surface area contributed by atoms with Crippen molar-refractivity contribution in [3.05, 3.63) is 18.5 Å². The number of carboxylic acids is 1.